The van der Waals surface area contributed by atoms with Crippen LogP contribution in [-0.4, -0.2) is 36.5 Å². The van der Waals surface area contributed by atoms with E-state index >= 15 is 0 Å². The van der Waals surface area contributed by atoms with E-state index in [-0.39, 0.29) is 23.5 Å². The molecule has 4 rings (SSSR count). The van der Waals surface area contributed by atoms with E-state index in [1.807, 2.05) is 0 Å². The third-order valence-corrected chi connectivity index (χ3v) is 7.18. The quantitative estimate of drug-likeness (QED) is 0.466. The number of allylic oxidation sites excluding steroid dienone is 1. The van der Waals surface area contributed by atoms with Crippen LogP contribution in [0.3, 0.4) is 0 Å². The van der Waals surface area contributed by atoms with E-state index in [0.29, 0.717) is 36.6 Å². The fourth-order valence-electron chi connectivity index (χ4n) is 3.89. The monoisotopic (exact) mass is 558 g/mol. The fourth-order valence-corrected chi connectivity index (χ4v) is 5.47. The van der Waals surface area contributed by atoms with Crippen LogP contribution < -0.4 is 24.4 Å². The first kappa shape index (κ1) is 24.7. The number of carbonyl (C=O) groups is 1. The summed E-state index contributed by atoms with van der Waals surface area (Å²) >= 11 is 4.80. The van der Waals surface area contributed by atoms with E-state index in [4.69, 9.17) is 14.2 Å². The normalized spacial score (nSPS) is 15.5. The summed E-state index contributed by atoms with van der Waals surface area (Å²) in [4.78, 5) is 31.8. The smallest absolute Gasteiger partial charge is 0.338 e. The maximum absolute atomic E-state index is 13.7. The number of phenolic OH excluding ortho intramolecular Hbond substituents is 1. The maximum Gasteiger partial charge on any atom is 0.338 e. The van der Waals surface area contributed by atoms with Gasteiger partial charge in [0.25, 0.3) is 5.56 Å². The van der Waals surface area contributed by atoms with Crippen molar-refractivity contribution in [2.75, 3.05) is 20.8 Å². The maximum atomic E-state index is 13.7. The van der Waals surface area contributed by atoms with Crippen molar-refractivity contribution in [1.82, 2.24) is 4.57 Å². The summed E-state index contributed by atoms with van der Waals surface area (Å²) < 4.78 is 18.8. The standard InChI is InChI=1S/C25H23BrN2O6S/c1-5-34-24(31)21-13(2)27-25-28(22(21)16-11-18(32-3)19(33-4)12-17(16)26)23(30)20(35-25)10-14-6-8-15(29)9-7-14/h6-12,22,29H,5H2,1-4H3. The van der Waals surface area contributed by atoms with Gasteiger partial charge in [-0.15, -0.1) is 0 Å². The Morgan fingerprint density at radius 3 is 2.49 bits per heavy atom. The van der Waals surface area contributed by atoms with Gasteiger partial charge >= 0.3 is 5.97 Å². The molecule has 1 N–H and O–H groups in total. The average Bonchev–Trinajstić information content (AvgIpc) is 3.14. The van der Waals surface area contributed by atoms with E-state index in [1.165, 1.54) is 30.1 Å². The fraction of sp³-hybridized carbons (Fsp3) is 0.240. The molecule has 0 saturated heterocycles. The zero-order valence-corrected chi connectivity index (χ0v) is 21.9. The van der Waals surface area contributed by atoms with Crippen LogP contribution in [0.4, 0.5) is 0 Å². The molecule has 0 bridgehead atoms. The summed E-state index contributed by atoms with van der Waals surface area (Å²) in [6.07, 6.45) is 1.73. The molecule has 0 aliphatic carbocycles. The van der Waals surface area contributed by atoms with Crippen molar-refractivity contribution in [3.63, 3.8) is 0 Å². The summed E-state index contributed by atoms with van der Waals surface area (Å²) in [5.41, 5.74) is 1.80. The Morgan fingerprint density at radius 1 is 1.20 bits per heavy atom. The molecule has 1 atom stereocenters. The number of ether oxygens (including phenoxy) is 3. The summed E-state index contributed by atoms with van der Waals surface area (Å²) in [7, 11) is 3.05. The highest BCUT2D eigenvalue weighted by Gasteiger charge is 2.35. The van der Waals surface area contributed by atoms with Crippen LogP contribution in [0.1, 0.15) is 31.0 Å². The number of halogens is 1. The molecular formula is C25H23BrN2O6S. The van der Waals surface area contributed by atoms with Crippen LogP contribution in [0.25, 0.3) is 6.08 Å². The first-order valence-electron chi connectivity index (χ1n) is 10.7. The first-order valence-corrected chi connectivity index (χ1v) is 12.3. The molecule has 35 heavy (non-hydrogen) atoms. The molecule has 1 aliphatic heterocycles. The van der Waals surface area contributed by atoms with Crippen molar-refractivity contribution in [3.8, 4) is 17.2 Å². The van der Waals surface area contributed by atoms with Crippen LogP contribution in [0.5, 0.6) is 17.2 Å². The Kier molecular flexibility index (Phi) is 7.13. The minimum atomic E-state index is -0.804. The Bertz CT molecular complexity index is 1500. The molecule has 2 aromatic carbocycles. The van der Waals surface area contributed by atoms with E-state index in [0.717, 1.165) is 5.56 Å². The van der Waals surface area contributed by atoms with E-state index in [1.54, 1.807) is 56.3 Å². The number of thiazole rings is 1. The van der Waals surface area contributed by atoms with Crippen LogP contribution in [-0.2, 0) is 9.53 Å². The predicted molar refractivity (Wildman–Crippen MR) is 136 cm³/mol. The molecule has 1 aliphatic rings. The Hall–Kier alpha value is -3.37. The highest BCUT2D eigenvalue weighted by Crippen LogP contribution is 2.40. The van der Waals surface area contributed by atoms with Crippen molar-refractivity contribution in [2.45, 2.75) is 19.9 Å². The molecule has 182 valence electrons. The number of phenols is 1. The number of rotatable bonds is 6. The molecular weight excluding hydrogens is 536 g/mol. The van der Waals surface area contributed by atoms with Crippen LogP contribution in [0.2, 0.25) is 0 Å². The summed E-state index contributed by atoms with van der Waals surface area (Å²) in [6, 6.07) is 9.20. The second kappa shape index (κ2) is 10.1. The zero-order valence-electron chi connectivity index (χ0n) is 19.5. The Morgan fingerprint density at radius 2 is 1.86 bits per heavy atom. The molecule has 10 heteroatoms. The van der Waals surface area contributed by atoms with Gasteiger partial charge in [-0.3, -0.25) is 9.36 Å². The first-order chi connectivity index (χ1) is 16.8. The minimum absolute atomic E-state index is 0.136. The third-order valence-electron chi connectivity index (χ3n) is 5.51. The van der Waals surface area contributed by atoms with Crippen molar-refractivity contribution in [1.29, 1.82) is 0 Å². The highest BCUT2D eigenvalue weighted by atomic mass is 79.9. The Labute approximate surface area is 213 Å². The van der Waals surface area contributed by atoms with Gasteiger partial charge in [-0.2, -0.15) is 0 Å². The predicted octanol–water partition coefficient (Wildman–Crippen LogP) is 3.28. The van der Waals surface area contributed by atoms with Gasteiger partial charge in [-0.25, -0.2) is 9.79 Å². The molecule has 0 fully saturated rings. The number of carbonyl (C=O) groups excluding carboxylic acids is 1. The van der Waals surface area contributed by atoms with Gasteiger partial charge in [0.05, 0.1) is 42.7 Å². The number of aromatic nitrogens is 1. The lowest BCUT2D eigenvalue weighted by molar-refractivity contribution is -0.139. The minimum Gasteiger partial charge on any atom is -0.508 e. The van der Waals surface area contributed by atoms with Crippen LogP contribution in [0, 0.1) is 0 Å². The molecule has 0 spiro atoms. The van der Waals surface area contributed by atoms with Gasteiger partial charge in [0.1, 0.15) is 5.75 Å². The molecule has 1 unspecified atom stereocenters. The number of esters is 1. The molecule has 3 aromatic rings. The number of aromatic hydroxyl groups is 1. The lowest BCUT2D eigenvalue weighted by Gasteiger charge is -2.26. The topological polar surface area (TPSA) is 99.4 Å². The van der Waals surface area contributed by atoms with Crippen LogP contribution in [0.15, 0.2) is 61.9 Å². The van der Waals surface area contributed by atoms with Crippen molar-refractivity contribution in [3.05, 3.63) is 83.0 Å². The molecule has 8 nitrogen and oxygen atoms in total. The second-order valence-electron chi connectivity index (χ2n) is 7.62. The van der Waals surface area contributed by atoms with Crippen LogP contribution >= 0.6 is 27.3 Å². The van der Waals surface area contributed by atoms with Gasteiger partial charge in [0.2, 0.25) is 0 Å². The van der Waals surface area contributed by atoms with Crippen molar-refractivity contribution >= 4 is 39.3 Å². The summed E-state index contributed by atoms with van der Waals surface area (Å²) in [5, 5.41) is 9.57. The highest BCUT2D eigenvalue weighted by molar-refractivity contribution is 9.10. The number of methoxy groups -OCH3 is 2. The number of hydrogen-bond donors (Lipinski definition) is 1. The number of benzene rings is 2. The SMILES string of the molecule is CCOC(=O)C1=C(C)N=c2sc(=Cc3ccc(O)cc3)c(=O)n2C1c1cc(OC)c(OC)cc1Br. The molecule has 0 radical (unpaired) electrons. The van der Waals surface area contributed by atoms with E-state index in [2.05, 4.69) is 20.9 Å². The van der Waals surface area contributed by atoms with Gasteiger partial charge in [0, 0.05) is 4.47 Å². The zero-order chi connectivity index (χ0) is 25.3. The van der Waals surface area contributed by atoms with E-state index in [9.17, 15) is 14.7 Å². The van der Waals surface area contributed by atoms with Crippen molar-refractivity contribution in [2.24, 2.45) is 4.99 Å². The average molecular weight is 559 g/mol. The van der Waals surface area contributed by atoms with Gasteiger partial charge in [-0.05, 0) is 55.3 Å². The van der Waals surface area contributed by atoms with E-state index < -0.39 is 12.0 Å². The summed E-state index contributed by atoms with van der Waals surface area (Å²) in [6.45, 7) is 3.63. The largest absolute Gasteiger partial charge is 0.508 e. The third kappa shape index (κ3) is 4.63. The van der Waals surface area contributed by atoms with Gasteiger partial charge in [-0.1, -0.05) is 39.4 Å². The second-order valence-corrected chi connectivity index (χ2v) is 9.49. The number of fused-ring (bicyclic) bond motifs is 1. The number of nitrogens with zero attached hydrogens (tertiary/aromatic N) is 2. The molecule has 1 aromatic heterocycles. The molecule has 2 heterocycles. The lowest BCUT2D eigenvalue weighted by Crippen LogP contribution is -2.40. The van der Waals surface area contributed by atoms with Gasteiger partial charge in [0.15, 0.2) is 16.3 Å². The Balaban J connectivity index is 2.01. The summed E-state index contributed by atoms with van der Waals surface area (Å²) in [5.74, 6) is 0.542. The lowest BCUT2D eigenvalue weighted by atomic mass is 9.95. The molecule has 0 amide bonds. The number of hydrogen-bond acceptors (Lipinski definition) is 8. The van der Waals surface area contributed by atoms with Gasteiger partial charge < -0.3 is 19.3 Å². The van der Waals surface area contributed by atoms with Crippen molar-refractivity contribution < 1.29 is 24.1 Å². The molecule has 0 saturated carbocycles.